The van der Waals surface area contributed by atoms with E-state index in [0.29, 0.717) is 17.6 Å². The highest BCUT2D eigenvalue weighted by atomic mass is 32.1. The lowest BCUT2D eigenvalue weighted by atomic mass is 9.85. The van der Waals surface area contributed by atoms with Crippen molar-refractivity contribution in [3.63, 3.8) is 0 Å². The summed E-state index contributed by atoms with van der Waals surface area (Å²) in [6, 6.07) is 10.6. The van der Waals surface area contributed by atoms with Crippen LogP contribution >= 0.6 is 12.2 Å². The van der Waals surface area contributed by atoms with Crippen LogP contribution in [-0.2, 0) is 0 Å². The lowest BCUT2D eigenvalue weighted by molar-refractivity contribution is 0.315. The van der Waals surface area contributed by atoms with Crippen molar-refractivity contribution in [2.45, 2.75) is 45.1 Å². The number of rotatable bonds is 6. The number of hydrazone groups is 1. The van der Waals surface area contributed by atoms with Crippen molar-refractivity contribution < 1.29 is 4.39 Å². The molecule has 2 aliphatic heterocycles. The lowest BCUT2D eigenvalue weighted by Gasteiger charge is -2.35. The second kappa shape index (κ2) is 10.9. The Balaban J connectivity index is 1.57. The first-order valence-corrected chi connectivity index (χ1v) is 12.8. The van der Waals surface area contributed by atoms with Crippen molar-refractivity contribution in [3.8, 4) is 0 Å². The zero-order chi connectivity index (χ0) is 25.1. The molecule has 6 nitrogen and oxygen atoms in total. The SMILES string of the molecule is Cc1cccc(C2CCN(c3cc(N4CC[C@@H](N(C)C)C4)c(C=NNC(N)=S)cc3F)CC2)c1C. The molecule has 0 unspecified atom stereocenters. The minimum Gasteiger partial charge on any atom is -0.375 e. The number of nitrogens with two attached hydrogens (primary N) is 1. The van der Waals surface area contributed by atoms with Crippen molar-refractivity contribution in [2.24, 2.45) is 10.8 Å². The lowest BCUT2D eigenvalue weighted by Crippen LogP contribution is -2.34. The van der Waals surface area contributed by atoms with Gasteiger partial charge in [0.15, 0.2) is 5.11 Å². The van der Waals surface area contributed by atoms with E-state index in [9.17, 15) is 0 Å². The third-order valence-electron chi connectivity index (χ3n) is 7.63. The van der Waals surface area contributed by atoms with Gasteiger partial charge >= 0.3 is 0 Å². The van der Waals surface area contributed by atoms with Crippen LogP contribution in [0.25, 0.3) is 0 Å². The molecule has 1 atom stereocenters. The molecule has 2 aromatic carbocycles. The van der Waals surface area contributed by atoms with Crippen LogP contribution in [0.15, 0.2) is 35.4 Å². The third kappa shape index (κ3) is 5.76. The van der Waals surface area contributed by atoms with Gasteiger partial charge in [0.2, 0.25) is 0 Å². The van der Waals surface area contributed by atoms with Crippen molar-refractivity contribution in [2.75, 3.05) is 50.1 Å². The molecule has 0 bridgehead atoms. The average Bonchev–Trinajstić information content (AvgIpc) is 3.32. The molecule has 2 heterocycles. The Morgan fingerprint density at radius 2 is 1.83 bits per heavy atom. The van der Waals surface area contributed by atoms with Gasteiger partial charge in [0, 0.05) is 43.5 Å². The van der Waals surface area contributed by atoms with Gasteiger partial charge in [-0.15, -0.1) is 0 Å². The molecule has 0 aliphatic carbocycles. The van der Waals surface area contributed by atoms with E-state index < -0.39 is 0 Å². The van der Waals surface area contributed by atoms with Gasteiger partial charge in [-0.05, 0) is 94.2 Å². The summed E-state index contributed by atoms with van der Waals surface area (Å²) in [5, 5.41) is 4.19. The fraction of sp³-hybridized carbons (Fsp3) is 0.481. The van der Waals surface area contributed by atoms with Crippen molar-refractivity contribution in [1.29, 1.82) is 0 Å². The largest absolute Gasteiger partial charge is 0.375 e. The van der Waals surface area contributed by atoms with Crippen LogP contribution in [0.5, 0.6) is 0 Å². The molecule has 35 heavy (non-hydrogen) atoms. The first-order chi connectivity index (χ1) is 16.7. The predicted molar refractivity (Wildman–Crippen MR) is 148 cm³/mol. The fourth-order valence-electron chi connectivity index (χ4n) is 5.38. The van der Waals surface area contributed by atoms with Gasteiger partial charge in [-0.3, -0.25) is 5.43 Å². The van der Waals surface area contributed by atoms with Gasteiger partial charge in [0.05, 0.1) is 11.9 Å². The van der Waals surface area contributed by atoms with E-state index in [-0.39, 0.29) is 10.9 Å². The van der Waals surface area contributed by atoms with Crippen molar-refractivity contribution in [3.05, 3.63) is 58.4 Å². The minimum atomic E-state index is -0.223. The zero-order valence-corrected chi connectivity index (χ0v) is 22.0. The quantitative estimate of drug-likeness (QED) is 0.356. The second-order valence-corrected chi connectivity index (χ2v) is 10.4. The van der Waals surface area contributed by atoms with E-state index in [1.54, 1.807) is 12.3 Å². The number of hydrogen-bond donors (Lipinski definition) is 2. The molecule has 0 radical (unpaired) electrons. The second-order valence-electron chi connectivity index (χ2n) is 10.00. The maximum absolute atomic E-state index is 15.4. The van der Waals surface area contributed by atoms with Gasteiger partial charge in [-0.2, -0.15) is 5.10 Å². The van der Waals surface area contributed by atoms with E-state index in [0.717, 1.165) is 56.7 Å². The van der Waals surface area contributed by atoms with E-state index in [4.69, 9.17) is 18.0 Å². The Kier molecular flexibility index (Phi) is 7.91. The number of nitrogens with zero attached hydrogens (tertiary/aromatic N) is 4. The number of benzene rings is 2. The van der Waals surface area contributed by atoms with E-state index >= 15 is 4.39 Å². The summed E-state index contributed by atoms with van der Waals surface area (Å²) < 4.78 is 15.4. The summed E-state index contributed by atoms with van der Waals surface area (Å²) in [6.45, 7) is 7.89. The Morgan fingerprint density at radius 1 is 1.11 bits per heavy atom. The molecule has 0 spiro atoms. The minimum absolute atomic E-state index is 0.0838. The van der Waals surface area contributed by atoms with E-state index in [2.05, 4.69) is 71.4 Å². The third-order valence-corrected chi connectivity index (χ3v) is 7.72. The topological polar surface area (TPSA) is 60.1 Å². The summed E-state index contributed by atoms with van der Waals surface area (Å²) in [5.41, 5.74) is 14.6. The molecule has 0 aromatic heterocycles. The normalized spacial score (nSPS) is 19.2. The molecule has 2 saturated heterocycles. The van der Waals surface area contributed by atoms with E-state index in [1.165, 1.54) is 16.7 Å². The Bertz CT molecular complexity index is 1090. The summed E-state index contributed by atoms with van der Waals surface area (Å²) >= 11 is 4.84. The molecule has 3 N–H and O–H groups in total. The number of hydrogen-bond acceptors (Lipinski definition) is 5. The zero-order valence-electron chi connectivity index (χ0n) is 21.2. The highest BCUT2D eigenvalue weighted by Gasteiger charge is 2.28. The Hall–Kier alpha value is -2.71. The molecule has 188 valence electrons. The van der Waals surface area contributed by atoms with Gasteiger partial charge < -0.3 is 20.4 Å². The number of piperidine rings is 1. The maximum Gasteiger partial charge on any atom is 0.184 e. The number of nitrogens with one attached hydrogen (secondary N) is 1. The molecule has 2 fully saturated rings. The highest BCUT2D eigenvalue weighted by molar-refractivity contribution is 7.80. The molecule has 0 saturated carbocycles. The molecular formula is C27H37FN6S. The van der Waals surface area contributed by atoms with Crippen LogP contribution < -0.4 is 21.0 Å². The standard InChI is InChI=1S/C27H37FN6S/c1-18-6-5-7-23(19(18)2)20-8-11-33(12-9-20)26-15-25(34-13-10-22(17-34)32(3)4)21(14-24(26)28)16-30-31-27(29)35/h5-7,14-16,20,22H,8-13,17H2,1-4H3,(H3,29,31,35)/t22-/m1/s1. The van der Waals surface area contributed by atoms with Crippen LogP contribution in [-0.4, -0.2) is 62.5 Å². The smallest absolute Gasteiger partial charge is 0.184 e. The van der Waals surface area contributed by atoms with Crippen LogP contribution in [0.3, 0.4) is 0 Å². The number of thiocarbonyl (C=S) groups is 1. The van der Waals surface area contributed by atoms with Gasteiger partial charge in [-0.25, -0.2) is 4.39 Å². The van der Waals surface area contributed by atoms with Crippen LogP contribution in [0, 0.1) is 19.7 Å². The van der Waals surface area contributed by atoms with E-state index in [1.807, 2.05) is 6.07 Å². The fourth-order valence-corrected chi connectivity index (χ4v) is 5.43. The van der Waals surface area contributed by atoms with Crippen molar-refractivity contribution in [1.82, 2.24) is 10.3 Å². The molecule has 2 aromatic rings. The molecule has 4 rings (SSSR count). The monoisotopic (exact) mass is 496 g/mol. The summed E-state index contributed by atoms with van der Waals surface area (Å²) in [5.74, 6) is 0.296. The Labute approximate surface area is 214 Å². The first-order valence-electron chi connectivity index (χ1n) is 12.4. The van der Waals surface area contributed by atoms with Gasteiger partial charge in [0.25, 0.3) is 0 Å². The number of aryl methyl sites for hydroxylation is 1. The number of halogens is 1. The number of likely N-dealkylation sites (N-methyl/N-ethyl adjacent to an activating group) is 1. The maximum atomic E-state index is 15.4. The molecular weight excluding hydrogens is 459 g/mol. The molecule has 2 aliphatic rings. The predicted octanol–water partition coefficient (Wildman–Crippen LogP) is 4.13. The summed E-state index contributed by atoms with van der Waals surface area (Å²) in [4.78, 5) is 6.79. The molecule has 0 amide bonds. The Morgan fingerprint density at radius 3 is 2.49 bits per heavy atom. The van der Waals surface area contributed by atoms with Gasteiger partial charge in [0.1, 0.15) is 5.82 Å². The highest BCUT2D eigenvalue weighted by Crippen LogP contribution is 2.37. The average molecular weight is 497 g/mol. The number of anilines is 2. The summed E-state index contributed by atoms with van der Waals surface area (Å²) in [6.07, 6.45) is 4.72. The van der Waals surface area contributed by atoms with Crippen LogP contribution in [0.4, 0.5) is 15.8 Å². The van der Waals surface area contributed by atoms with Crippen LogP contribution in [0.1, 0.15) is 47.4 Å². The molecule has 8 heteroatoms. The van der Waals surface area contributed by atoms with Crippen LogP contribution in [0.2, 0.25) is 0 Å². The summed E-state index contributed by atoms with van der Waals surface area (Å²) in [7, 11) is 4.22. The van der Waals surface area contributed by atoms with Crippen molar-refractivity contribution >= 4 is 34.9 Å². The van der Waals surface area contributed by atoms with Gasteiger partial charge in [-0.1, -0.05) is 18.2 Å². The first kappa shape index (κ1) is 25.4.